The smallest absolute Gasteiger partial charge is 0.339 e. The monoisotopic (exact) mass is 319 g/mol. The van der Waals surface area contributed by atoms with E-state index in [1.165, 1.54) is 13.8 Å². The van der Waals surface area contributed by atoms with Crippen molar-refractivity contribution < 1.29 is 33.6 Å². The van der Waals surface area contributed by atoms with Crippen LogP contribution in [0.4, 0.5) is 0 Å². The maximum Gasteiger partial charge on any atom is 0.339 e. The van der Waals surface area contributed by atoms with E-state index >= 15 is 0 Å². The summed E-state index contributed by atoms with van der Waals surface area (Å²) in [6, 6.07) is 1.87. The molecule has 1 aromatic carbocycles. The number of carboxylic acid groups (broad SMARTS) is 1. The first-order valence-electron chi connectivity index (χ1n) is 5.90. The fourth-order valence-electron chi connectivity index (χ4n) is 1.52. The first kappa shape index (κ1) is 17.4. The van der Waals surface area contributed by atoms with Gasteiger partial charge in [0.1, 0.15) is 11.3 Å². The van der Waals surface area contributed by atoms with E-state index in [0.717, 1.165) is 12.1 Å². The van der Waals surface area contributed by atoms with Crippen LogP contribution >= 0.6 is 0 Å². The van der Waals surface area contributed by atoms with Crippen molar-refractivity contribution in [2.45, 2.75) is 24.3 Å². The molecule has 0 saturated carbocycles. The molecule has 0 bridgehead atoms. The lowest BCUT2D eigenvalue weighted by molar-refractivity contribution is 0.00680. The van der Waals surface area contributed by atoms with Gasteiger partial charge in [-0.2, -0.15) is 0 Å². The second kappa shape index (κ2) is 5.98. The molecule has 0 aromatic heterocycles. The van der Waals surface area contributed by atoms with Crippen LogP contribution in [0.15, 0.2) is 17.0 Å². The Morgan fingerprint density at radius 1 is 1.38 bits per heavy atom. The van der Waals surface area contributed by atoms with E-state index < -0.39 is 46.1 Å². The number of rotatable bonds is 6. The summed E-state index contributed by atoms with van der Waals surface area (Å²) in [7, 11) is -4.10. The van der Waals surface area contributed by atoms with Gasteiger partial charge in [0.05, 0.1) is 17.1 Å². The van der Waals surface area contributed by atoms with Crippen molar-refractivity contribution in [2.24, 2.45) is 0 Å². The number of carbonyl (C=O) groups is 1. The summed E-state index contributed by atoms with van der Waals surface area (Å²) >= 11 is 0. The molecule has 8 nitrogen and oxygen atoms in total. The van der Waals surface area contributed by atoms with Crippen molar-refractivity contribution in [2.75, 3.05) is 13.2 Å². The van der Waals surface area contributed by atoms with Crippen LogP contribution < -0.4 is 4.72 Å². The number of hydrogen-bond donors (Lipinski definition) is 5. The molecule has 1 aromatic rings. The van der Waals surface area contributed by atoms with E-state index in [1.54, 1.807) is 0 Å². The summed E-state index contributed by atoms with van der Waals surface area (Å²) in [5, 5.41) is 36.8. The second-order valence-corrected chi connectivity index (χ2v) is 6.65. The van der Waals surface area contributed by atoms with Gasteiger partial charge in [-0.3, -0.25) is 0 Å². The number of aliphatic hydroxyl groups is 2. The third-order valence-electron chi connectivity index (χ3n) is 2.80. The van der Waals surface area contributed by atoms with Gasteiger partial charge in [-0.1, -0.05) is 0 Å². The molecule has 0 saturated heterocycles. The van der Waals surface area contributed by atoms with Crippen LogP contribution in [0.25, 0.3) is 0 Å². The zero-order valence-electron chi connectivity index (χ0n) is 11.5. The predicted octanol–water partition coefficient (Wildman–Crippen LogP) is -0.580. The number of carboxylic acids is 1. The normalized spacial score (nSPS) is 14.7. The van der Waals surface area contributed by atoms with E-state index in [1.807, 2.05) is 0 Å². The highest BCUT2D eigenvalue weighted by molar-refractivity contribution is 7.89. The van der Waals surface area contributed by atoms with Crippen molar-refractivity contribution in [3.05, 3.63) is 23.3 Å². The number of nitrogens with one attached hydrogen (secondary N) is 1. The molecule has 0 aliphatic rings. The van der Waals surface area contributed by atoms with Crippen molar-refractivity contribution in [3.8, 4) is 5.75 Å². The summed E-state index contributed by atoms with van der Waals surface area (Å²) in [6.07, 6.45) is 0. The van der Waals surface area contributed by atoms with Crippen molar-refractivity contribution in [1.29, 1.82) is 0 Å². The van der Waals surface area contributed by atoms with Gasteiger partial charge in [-0.25, -0.2) is 17.9 Å². The lowest BCUT2D eigenvalue weighted by Gasteiger charge is -2.21. The highest BCUT2D eigenvalue weighted by Crippen LogP contribution is 2.25. The van der Waals surface area contributed by atoms with E-state index in [0.29, 0.717) is 0 Å². The summed E-state index contributed by atoms with van der Waals surface area (Å²) in [4.78, 5) is 10.6. The van der Waals surface area contributed by atoms with Gasteiger partial charge in [0.15, 0.2) is 0 Å². The topological polar surface area (TPSA) is 144 Å². The molecule has 0 amide bonds. The second-order valence-electron chi connectivity index (χ2n) is 4.92. The molecule has 5 N–H and O–H groups in total. The zero-order valence-corrected chi connectivity index (χ0v) is 12.3. The Morgan fingerprint density at radius 2 is 1.95 bits per heavy atom. The highest BCUT2D eigenvalue weighted by Gasteiger charge is 2.26. The lowest BCUT2D eigenvalue weighted by Crippen LogP contribution is -2.43. The molecule has 1 unspecified atom stereocenters. The molecule has 0 aliphatic heterocycles. The number of phenols is 1. The zero-order chi connectivity index (χ0) is 16.4. The van der Waals surface area contributed by atoms with Crippen molar-refractivity contribution in [1.82, 2.24) is 4.72 Å². The molecule has 0 aliphatic carbocycles. The van der Waals surface area contributed by atoms with Gasteiger partial charge >= 0.3 is 5.97 Å². The highest BCUT2D eigenvalue weighted by atomic mass is 32.2. The van der Waals surface area contributed by atoms with Crippen LogP contribution in [-0.4, -0.2) is 53.6 Å². The molecular weight excluding hydrogens is 302 g/mol. The van der Waals surface area contributed by atoms with Gasteiger partial charge < -0.3 is 20.4 Å². The number of aromatic carboxylic acids is 1. The van der Waals surface area contributed by atoms with E-state index in [9.17, 15) is 23.4 Å². The van der Waals surface area contributed by atoms with E-state index in [-0.39, 0.29) is 10.5 Å². The van der Waals surface area contributed by atoms with Crippen LogP contribution in [-0.2, 0) is 10.0 Å². The number of aromatic hydroxyl groups is 1. The largest absolute Gasteiger partial charge is 0.507 e. The fourth-order valence-corrected chi connectivity index (χ4v) is 2.93. The molecule has 1 rings (SSSR count). The minimum absolute atomic E-state index is 0.147. The molecule has 9 heteroatoms. The average Bonchev–Trinajstić information content (AvgIpc) is 2.36. The summed E-state index contributed by atoms with van der Waals surface area (Å²) in [6.45, 7) is 1.53. The summed E-state index contributed by atoms with van der Waals surface area (Å²) in [5.41, 5.74) is -2.04. The minimum Gasteiger partial charge on any atom is -0.507 e. The first-order valence-corrected chi connectivity index (χ1v) is 7.38. The number of hydrogen-bond acceptors (Lipinski definition) is 6. The van der Waals surface area contributed by atoms with Crippen molar-refractivity contribution >= 4 is 16.0 Å². The molecular formula is C12H17NO7S. The van der Waals surface area contributed by atoms with Gasteiger partial charge in [0.25, 0.3) is 0 Å². The van der Waals surface area contributed by atoms with E-state index in [4.69, 9.17) is 10.2 Å². The summed E-state index contributed by atoms with van der Waals surface area (Å²) in [5.74, 6) is -2.01. The van der Waals surface area contributed by atoms with Gasteiger partial charge in [0.2, 0.25) is 10.0 Å². The molecule has 0 spiro atoms. The molecule has 118 valence electrons. The Bertz CT molecular complexity index is 652. The standard InChI is InChI=1S/C12H17NO7S/c1-7-3-9(15)8(11(16)17)4-10(7)21(19,20)13-5-12(2,18)6-14/h3-4,13-15,18H,5-6H2,1-2H3,(H,16,17). The third-order valence-corrected chi connectivity index (χ3v) is 4.34. The van der Waals surface area contributed by atoms with Crippen LogP contribution in [0.5, 0.6) is 5.75 Å². The van der Waals surface area contributed by atoms with Gasteiger partial charge in [-0.05, 0) is 31.5 Å². The van der Waals surface area contributed by atoms with Crippen molar-refractivity contribution in [3.63, 3.8) is 0 Å². The Labute approximate surface area is 121 Å². The van der Waals surface area contributed by atoms with Gasteiger partial charge in [-0.15, -0.1) is 0 Å². The molecule has 0 radical (unpaired) electrons. The lowest BCUT2D eigenvalue weighted by atomic mass is 10.1. The van der Waals surface area contributed by atoms with Crippen LogP contribution in [0.2, 0.25) is 0 Å². The fraction of sp³-hybridized carbons (Fsp3) is 0.417. The van der Waals surface area contributed by atoms with E-state index in [2.05, 4.69) is 4.72 Å². The predicted molar refractivity (Wildman–Crippen MR) is 72.7 cm³/mol. The Morgan fingerprint density at radius 3 is 2.43 bits per heavy atom. The van der Waals surface area contributed by atoms with Crippen LogP contribution in [0.3, 0.4) is 0 Å². The molecule has 0 heterocycles. The minimum atomic E-state index is -4.10. The first-order chi connectivity index (χ1) is 9.50. The molecule has 1 atom stereocenters. The Balaban J connectivity index is 3.20. The number of aryl methyl sites for hydroxylation is 1. The third kappa shape index (κ3) is 4.14. The molecule has 0 fully saturated rings. The molecule has 21 heavy (non-hydrogen) atoms. The Kier molecular flexibility index (Phi) is 4.95. The average molecular weight is 319 g/mol. The number of aliphatic hydroxyl groups excluding tert-OH is 1. The maximum absolute atomic E-state index is 12.1. The SMILES string of the molecule is Cc1cc(O)c(C(=O)O)cc1S(=O)(=O)NCC(C)(O)CO. The van der Waals surface area contributed by atoms with Crippen LogP contribution in [0, 0.1) is 6.92 Å². The Hall–Kier alpha value is -1.68. The maximum atomic E-state index is 12.1. The van der Waals surface area contributed by atoms with Gasteiger partial charge in [0, 0.05) is 6.54 Å². The number of benzene rings is 1. The summed E-state index contributed by atoms with van der Waals surface area (Å²) < 4.78 is 26.3. The quantitative estimate of drug-likeness (QED) is 0.472. The van der Waals surface area contributed by atoms with Crippen LogP contribution in [0.1, 0.15) is 22.8 Å². The number of sulfonamides is 1.